The Morgan fingerprint density at radius 1 is 1.45 bits per heavy atom. The van der Waals surface area contributed by atoms with Crippen LogP contribution in [0.3, 0.4) is 0 Å². The highest BCUT2D eigenvalue weighted by atomic mass is 16.4. The molecule has 1 rings (SSSR count). The van der Waals surface area contributed by atoms with Crippen molar-refractivity contribution in [2.45, 2.75) is 6.04 Å². The molecule has 5 heteroatoms. The normalized spacial score (nSPS) is 23.1. The van der Waals surface area contributed by atoms with Crippen LogP contribution in [0.1, 0.15) is 0 Å². The van der Waals surface area contributed by atoms with Crippen LogP contribution in [0.2, 0.25) is 0 Å². The van der Waals surface area contributed by atoms with Gasteiger partial charge in [-0.05, 0) is 6.08 Å². The summed E-state index contributed by atoms with van der Waals surface area (Å²) in [7, 11) is 0. The third-order valence-corrected chi connectivity index (χ3v) is 1.22. The van der Waals surface area contributed by atoms with Gasteiger partial charge in [0.05, 0.1) is 0 Å². The van der Waals surface area contributed by atoms with Crippen molar-refractivity contribution in [3.05, 3.63) is 12.2 Å². The van der Waals surface area contributed by atoms with E-state index in [9.17, 15) is 14.4 Å². The number of hydrogen-bond donors (Lipinski definition) is 2. The van der Waals surface area contributed by atoms with Crippen molar-refractivity contribution in [3.63, 3.8) is 0 Å². The zero-order valence-corrected chi connectivity index (χ0v) is 5.40. The minimum Gasteiger partial charge on any atom is -0.479 e. The van der Waals surface area contributed by atoms with Gasteiger partial charge in [-0.25, -0.2) is 4.79 Å². The van der Waals surface area contributed by atoms with E-state index in [1.54, 1.807) is 0 Å². The molecule has 1 atom stereocenters. The summed E-state index contributed by atoms with van der Waals surface area (Å²) in [6.45, 7) is 0. The van der Waals surface area contributed by atoms with Gasteiger partial charge >= 0.3 is 5.97 Å². The van der Waals surface area contributed by atoms with Crippen molar-refractivity contribution < 1.29 is 19.5 Å². The van der Waals surface area contributed by atoms with E-state index in [-0.39, 0.29) is 0 Å². The number of carboxylic acid groups (broad SMARTS) is 1. The molecule has 0 aliphatic carbocycles. The van der Waals surface area contributed by atoms with Gasteiger partial charge in [0.15, 0.2) is 11.8 Å². The standard InChI is InChI=1S/C6H5NO4/c8-3-1-2-4(9)7-5(3)6(10)11/h1-2,5H,(H,7,9)(H,10,11). The maximum absolute atomic E-state index is 10.7. The second kappa shape index (κ2) is 2.53. The topological polar surface area (TPSA) is 83.5 Å². The number of carboxylic acids is 1. The van der Waals surface area contributed by atoms with Crippen LogP contribution in [0.15, 0.2) is 12.2 Å². The fraction of sp³-hybridized carbons (Fsp3) is 0.167. The van der Waals surface area contributed by atoms with E-state index in [0.29, 0.717) is 0 Å². The van der Waals surface area contributed by atoms with Crippen LogP contribution in [-0.2, 0) is 14.4 Å². The van der Waals surface area contributed by atoms with E-state index in [0.717, 1.165) is 12.2 Å². The Bertz CT molecular complexity index is 255. The molecular formula is C6H5NO4. The van der Waals surface area contributed by atoms with Crippen molar-refractivity contribution in [2.24, 2.45) is 0 Å². The molecule has 1 heterocycles. The first-order valence-electron chi connectivity index (χ1n) is 2.86. The predicted octanol–water partition coefficient (Wildman–Crippen LogP) is -1.31. The Morgan fingerprint density at radius 2 is 2.09 bits per heavy atom. The van der Waals surface area contributed by atoms with Crippen molar-refractivity contribution in [1.82, 2.24) is 5.32 Å². The zero-order valence-electron chi connectivity index (χ0n) is 5.40. The number of carbonyl (C=O) groups is 3. The molecule has 0 aromatic rings. The van der Waals surface area contributed by atoms with Crippen LogP contribution in [0, 0.1) is 0 Å². The molecule has 0 saturated carbocycles. The molecule has 0 bridgehead atoms. The summed E-state index contributed by atoms with van der Waals surface area (Å²) in [6, 6.07) is -1.41. The fourth-order valence-electron chi connectivity index (χ4n) is 0.699. The largest absolute Gasteiger partial charge is 0.479 e. The lowest BCUT2D eigenvalue weighted by Crippen LogP contribution is -2.47. The number of carbonyl (C=O) groups excluding carboxylic acids is 2. The third-order valence-electron chi connectivity index (χ3n) is 1.22. The van der Waals surface area contributed by atoms with Crippen LogP contribution < -0.4 is 5.32 Å². The first-order chi connectivity index (χ1) is 5.11. The minimum absolute atomic E-state index is 0.558. The monoisotopic (exact) mass is 155 g/mol. The van der Waals surface area contributed by atoms with Gasteiger partial charge in [0, 0.05) is 6.08 Å². The van der Waals surface area contributed by atoms with Crippen molar-refractivity contribution in [1.29, 1.82) is 0 Å². The van der Waals surface area contributed by atoms with E-state index >= 15 is 0 Å². The predicted molar refractivity (Wildman–Crippen MR) is 33.7 cm³/mol. The number of amides is 1. The van der Waals surface area contributed by atoms with Crippen LogP contribution in [0.25, 0.3) is 0 Å². The van der Waals surface area contributed by atoms with Gasteiger partial charge in [-0.2, -0.15) is 0 Å². The summed E-state index contributed by atoms with van der Waals surface area (Å²) in [4.78, 5) is 31.4. The van der Waals surface area contributed by atoms with Crippen molar-refractivity contribution in [3.8, 4) is 0 Å². The van der Waals surface area contributed by atoms with E-state index in [2.05, 4.69) is 0 Å². The van der Waals surface area contributed by atoms with Gasteiger partial charge < -0.3 is 10.4 Å². The van der Waals surface area contributed by atoms with E-state index in [1.807, 2.05) is 5.32 Å². The number of rotatable bonds is 1. The molecule has 1 aliphatic heterocycles. The second-order valence-electron chi connectivity index (χ2n) is 2.02. The number of ketones is 1. The zero-order chi connectivity index (χ0) is 8.43. The summed E-state index contributed by atoms with van der Waals surface area (Å²) < 4.78 is 0. The summed E-state index contributed by atoms with van der Waals surface area (Å²) in [5, 5.41) is 10.3. The Balaban J connectivity index is 2.84. The van der Waals surface area contributed by atoms with Gasteiger partial charge in [-0.15, -0.1) is 0 Å². The van der Waals surface area contributed by atoms with E-state index in [4.69, 9.17) is 5.11 Å². The van der Waals surface area contributed by atoms with Crippen molar-refractivity contribution in [2.75, 3.05) is 0 Å². The molecule has 0 radical (unpaired) electrons. The maximum atomic E-state index is 10.7. The number of hydrogen-bond acceptors (Lipinski definition) is 3. The van der Waals surface area contributed by atoms with E-state index in [1.165, 1.54) is 0 Å². The molecule has 2 N–H and O–H groups in total. The first-order valence-corrected chi connectivity index (χ1v) is 2.86. The molecule has 1 aliphatic rings. The molecule has 0 saturated heterocycles. The first kappa shape index (κ1) is 7.46. The highest BCUT2D eigenvalue weighted by Crippen LogP contribution is 1.95. The highest BCUT2D eigenvalue weighted by molar-refractivity contribution is 6.15. The Hall–Kier alpha value is -1.65. The lowest BCUT2D eigenvalue weighted by Gasteiger charge is -2.12. The summed E-state index contributed by atoms with van der Waals surface area (Å²) in [5.74, 6) is -2.51. The molecule has 1 unspecified atom stereocenters. The van der Waals surface area contributed by atoms with Crippen LogP contribution in [-0.4, -0.2) is 28.8 Å². The molecule has 58 valence electrons. The SMILES string of the molecule is O=C1C=CC(=O)C(C(=O)O)N1. The minimum atomic E-state index is -1.41. The quantitative estimate of drug-likeness (QED) is 0.461. The van der Waals surface area contributed by atoms with Gasteiger partial charge in [0.2, 0.25) is 5.91 Å². The Labute approximate surface area is 61.7 Å². The molecule has 1 amide bonds. The smallest absolute Gasteiger partial charge is 0.334 e. The van der Waals surface area contributed by atoms with Crippen LogP contribution in [0.4, 0.5) is 0 Å². The molecule has 11 heavy (non-hydrogen) atoms. The molecular weight excluding hydrogens is 150 g/mol. The average molecular weight is 155 g/mol. The van der Waals surface area contributed by atoms with Gasteiger partial charge in [0.1, 0.15) is 0 Å². The summed E-state index contributed by atoms with van der Waals surface area (Å²) >= 11 is 0. The Kier molecular flexibility index (Phi) is 1.72. The molecule has 0 aromatic heterocycles. The van der Waals surface area contributed by atoms with Gasteiger partial charge in [0.25, 0.3) is 0 Å². The van der Waals surface area contributed by atoms with Gasteiger partial charge in [-0.1, -0.05) is 0 Å². The molecule has 0 aromatic carbocycles. The number of aliphatic carboxylic acids is 1. The average Bonchev–Trinajstić information content (AvgIpc) is 1.94. The van der Waals surface area contributed by atoms with E-state index < -0.39 is 23.7 Å². The maximum Gasteiger partial charge on any atom is 0.334 e. The third kappa shape index (κ3) is 1.43. The van der Waals surface area contributed by atoms with Crippen molar-refractivity contribution >= 4 is 17.7 Å². The van der Waals surface area contributed by atoms with Crippen LogP contribution in [0.5, 0.6) is 0 Å². The lowest BCUT2D eigenvalue weighted by atomic mass is 10.1. The van der Waals surface area contributed by atoms with Crippen LogP contribution >= 0.6 is 0 Å². The summed E-state index contributed by atoms with van der Waals surface area (Å²) in [6.07, 6.45) is 1.96. The molecule has 0 fully saturated rings. The molecule has 0 spiro atoms. The molecule has 5 nitrogen and oxygen atoms in total. The fourth-order valence-corrected chi connectivity index (χ4v) is 0.699. The highest BCUT2D eigenvalue weighted by Gasteiger charge is 2.28. The number of nitrogens with one attached hydrogen (secondary N) is 1. The Morgan fingerprint density at radius 3 is 2.55 bits per heavy atom. The van der Waals surface area contributed by atoms with Gasteiger partial charge in [-0.3, -0.25) is 9.59 Å². The lowest BCUT2D eigenvalue weighted by molar-refractivity contribution is -0.144. The second-order valence-corrected chi connectivity index (χ2v) is 2.02. The summed E-state index contributed by atoms with van der Waals surface area (Å²) in [5.41, 5.74) is 0.